The topological polar surface area (TPSA) is 127 Å². The Morgan fingerprint density at radius 3 is 2.36 bits per heavy atom. The average Bonchev–Trinajstić information content (AvgIpc) is 2.92. The Balaban J connectivity index is 1.54. The second-order valence-corrected chi connectivity index (χ2v) is 8.83. The first-order chi connectivity index (χ1) is 18.7. The van der Waals surface area contributed by atoms with Crippen molar-refractivity contribution < 1.29 is 28.6 Å². The number of carbonyl (C=O) groups excluding carboxylic acids is 3. The van der Waals surface area contributed by atoms with Crippen LogP contribution in [0.5, 0.6) is 17.2 Å². The molecule has 39 heavy (non-hydrogen) atoms. The molecule has 0 unspecified atom stereocenters. The maximum atomic E-state index is 12.4. The fraction of sp³-hybridized carbons (Fsp3) is 0.214. The summed E-state index contributed by atoms with van der Waals surface area (Å²) < 4.78 is 16.0. The van der Waals surface area contributed by atoms with E-state index in [0.717, 1.165) is 16.7 Å². The van der Waals surface area contributed by atoms with Gasteiger partial charge in [0.2, 0.25) is 0 Å². The minimum Gasteiger partial charge on any atom is -0.497 e. The lowest BCUT2D eigenvalue weighted by atomic mass is 10.1. The van der Waals surface area contributed by atoms with E-state index in [1.807, 2.05) is 32.0 Å². The molecule has 204 valence electrons. The zero-order valence-corrected chi connectivity index (χ0v) is 22.7. The van der Waals surface area contributed by atoms with E-state index in [2.05, 4.69) is 21.2 Å². The summed E-state index contributed by atoms with van der Waals surface area (Å²) >= 11 is 6.35. The fourth-order valence-corrected chi connectivity index (χ4v) is 3.73. The molecule has 0 aliphatic carbocycles. The SMILES string of the molecule is COc1ccc(CNC(=O)C(=O)N/N=C\c2cc(Cl)c(OCC(=O)Nc3ccc(C)cc3C)c(OC)c2)cc1. The number of ether oxygens (including phenoxy) is 3. The fourth-order valence-electron chi connectivity index (χ4n) is 3.45. The quantitative estimate of drug-likeness (QED) is 0.200. The largest absolute Gasteiger partial charge is 0.497 e. The number of benzene rings is 3. The summed E-state index contributed by atoms with van der Waals surface area (Å²) in [4.78, 5) is 36.5. The van der Waals surface area contributed by atoms with Crippen LogP contribution in [0, 0.1) is 13.8 Å². The lowest BCUT2D eigenvalue weighted by Crippen LogP contribution is -2.37. The normalized spacial score (nSPS) is 10.6. The van der Waals surface area contributed by atoms with Gasteiger partial charge in [0.25, 0.3) is 5.91 Å². The van der Waals surface area contributed by atoms with Crippen LogP contribution >= 0.6 is 11.6 Å². The van der Waals surface area contributed by atoms with Crippen molar-refractivity contribution in [2.24, 2.45) is 5.10 Å². The molecule has 11 heteroatoms. The number of nitrogens with one attached hydrogen (secondary N) is 3. The molecule has 10 nitrogen and oxygen atoms in total. The number of rotatable bonds is 10. The molecule has 0 atom stereocenters. The van der Waals surface area contributed by atoms with Crippen LogP contribution in [0.3, 0.4) is 0 Å². The second-order valence-electron chi connectivity index (χ2n) is 8.42. The van der Waals surface area contributed by atoms with Gasteiger partial charge in [-0.1, -0.05) is 41.4 Å². The van der Waals surface area contributed by atoms with Crippen molar-refractivity contribution in [3.63, 3.8) is 0 Å². The zero-order chi connectivity index (χ0) is 28.4. The monoisotopic (exact) mass is 552 g/mol. The Labute approximate surface area is 231 Å². The Morgan fingerprint density at radius 2 is 1.69 bits per heavy atom. The highest BCUT2D eigenvalue weighted by atomic mass is 35.5. The van der Waals surface area contributed by atoms with Crippen molar-refractivity contribution in [2.75, 3.05) is 26.1 Å². The van der Waals surface area contributed by atoms with Gasteiger partial charge in [0, 0.05) is 12.2 Å². The molecule has 0 fully saturated rings. The summed E-state index contributed by atoms with van der Waals surface area (Å²) in [5, 5.41) is 9.27. The van der Waals surface area contributed by atoms with E-state index in [-0.39, 0.29) is 35.6 Å². The van der Waals surface area contributed by atoms with Crippen LogP contribution in [-0.4, -0.2) is 44.8 Å². The van der Waals surface area contributed by atoms with Crippen LogP contribution in [0.2, 0.25) is 5.02 Å². The standard InChI is InChI=1S/C28H29ClN4O6/c1-17-5-10-23(18(2)11-17)32-25(34)16-39-26-22(29)12-20(13-24(26)38-4)15-31-33-28(36)27(35)30-14-19-6-8-21(37-3)9-7-19/h5-13,15H,14,16H2,1-4H3,(H,30,35)(H,32,34)(H,33,36)/b31-15-. The second kappa shape index (κ2) is 13.8. The number of methoxy groups -OCH3 is 2. The maximum Gasteiger partial charge on any atom is 0.329 e. The highest BCUT2D eigenvalue weighted by molar-refractivity contribution is 6.35. The molecule has 3 rings (SSSR count). The van der Waals surface area contributed by atoms with Crippen LogP contribution < -0.4 is 30.3 Å². The van der Waals surface area contributed by atoms with Crippen molar-refractivity contribution >= 4 is 41.2 Å². The Bertz CT molecular complexity index is 1380. The first-order valence-corrected chi connectivity index (χ1v) is 12.2. The molecular formula is C28H29ClN4O6. The van der Waals surface area contributed by atoms with Crippen molar-refractivity contribution in [3.8, 4) is 17.2 Å². The number of hydrogen-bond donors (Lipinski definition) is 3. The highest BCUT2D eigenvalue weighted by Crippen LogP contribution is 2.36. The van der Waals surface area contributed by atoms with Gasteiger partial charge in [-0.3, -0.25) is 14.4 Å². The summed E-state index contributed by atoms with van der Waals surface area (Å²) in [6.07, 6.45) is 1.29. The average molecular weight is 553 g/mol. The molecule has 3 aromatic rings. The number of nitrogens with zero attached hydrogens (tertiary/aromatic N) is 1. The third-order valence-electron chi connectivity index (χ3n) is 5.45. The van der Waals surface area contributed by atoms with E-state index in [4.69, 9.17) is 25.8 Å². The molecule has 3 aromatic carbocycles. The van der Waals surface area contributed by atoms with E-state index in [0.29, 0.717) is 17.0 Å². The summed E-state index contributed by atoms with van der Waals surface area (Å²) in [5.41, 5.74) is 6.13. The first kappa shape index (κ1) is 29.0. The minimum atomic E-state index is -0.937. The predicted octanol–water partition coefficient (Wildman–Crippen LogP) is 3.76. The number of amides is 3. The predicted molar refractivity (Wildman–Crippen MR) is 149 cm³/mol. The Morgan fingerprint density at radius 1 is 0.949 bits per heavy atom. The van der Waals surface area contributed by atoms with Gasteiger partial charge in [-0.15, -0.1) is 0 Å². The van der Waals surface area contributed by atoms with Gasteiger partial charge < -0.3 is 24.8 Å². The lowest BCUT2D eigenvalue weighted by molar-refractivity contribution is -0.139. The van der Waals surface area contributed by atoms with Crippen LogP contribution in [0.15, 0.2) is 59.7 Å². The molecule has 0 spiro atoms. The van der Waals surface area contributed by atoms with Gasteiger partial charge in [-0.05, 0) is 60.9 Å². The van der Waals surface area contributed by atoms with E-state index in [1.54, 1.807) is 37.4 Å². The molecule has 3 N–H and O–H groups in total. The van der Waals surface area contributed by atoms with Crippen molar-refractivity contribution in [3.05, 3.63) is 81.9 Å². The molecule has 0 heterocycles. The number of carbonyl (C=O) groups is 3. The van der Waals surface area contributed by atoms with Gasteiger partial charge in [-0.25, -0.2) is 5.43 Å². The summed E-state index contributed by atoms with van der Waals surface area (Å²) in [7, 11) is 2.98. The van der Waals surface area contributed by atoms with E-state index >= 15 is 0 Å². The number of hydrogen-bond acceptors (Lipinski definition) is 7. The Hall–Kier alpha value is -4.57. The van der Waals surface area contributed by atoms with Crippen LogP contribution in [0.4, 0.5) is 5.69 Å². The van der Waals surface area contributed by atoms with Gasteiger partial charge in [0.05, 0.1) is 25.5 Å². The molecule has 0 saturated carbocycles. The van der Waals surface area contributed by atoms with Gasteiger partial charge in [-0.2, -0.15) is 5.10 Å². The Kier molecular flexibility index (Phi) is 10.3. The first-order valence-electron chi connectivity index (χ1n) is 11.8. The molecule has 0 aromatic heterocycles. The summed E-state index contributed by atoms with van der Waals surface area (Å²) in [5.74, 6) is -1.03. The van der Waals surface area contributed by atoms with Crippen LogP contribution in [0.1, 0.15) is 22.3 Å². The molecule has 0 saturated heterocycles. The number of halogens is 1. The van der Waals surface area contributed by atoms with Crippen molar-refractivity contribution in [1.82, 2.24) is 10.7 Å². The van der Waals surface area contributed by atoms with Crippen molar-refractivity contribution in [2.45, 2.75) is 20.4 Å². The lowest BCUT2D eigenvalue weighted by Gasteiger charge is -2.14. The zero-order valence-electron chi connectivity index (χ0n) is 22.0. The minimum absolute atomic E-state index is 0.164. The molecule has 0 radical (unpaired) electrons. The van der Waals surface area contributed by atoms with E-state index in [1.165, 1.54) is 19.4 Å². The summed E-state index contributed by atoms with van der Waals surface area (Å²) in [6.45, 7) is 3.75. The van der Waals surface area contributed by atoms with Gasteiger partial charge in [0.1, 0.15) is 5.75 Å². The molecule has 0 aliphatic heterocycles. The van der Waals surface area contributed by atoms with Crippen LogP contribution in [0.25, 0.3) is 0 Å². The number of hydrazone groups is 1. The third-order valence-corrected chi connectivity index (χ3v) is 5.73. The van der Waals surface area contributed by atoms with Gasteiger partial charge in [0.15, 0.2) is 18.1 Å². The summed E-state index contributed by atoms with van der Waals surface area (Å²) in [6, 6.07) is 15.8. The highest BCUT2D eigenvalue weighted by Gasteiger charge is 2.15. The molecule has 0 aliphatic rings. The molecule has 0 bridgehead atoms. The maximum absolute atomic E-state index is 12.4. The van der Waals surface area contributed by atoms with Gasteiger partial charge >= 0.3 is 11.8 Å². The number of aryl methyl sites for hydroxylation is 2. The molecule has 3 amide bonds. The number of anilines is 1. The van der Waals surface area contributed by atoms with E-state index < -0.39 is 11.8 Å². The smallest absolute Gasteiger partial charge is 0.329 e. The van der Waals surface area contributed by atoms with Crippen LogP contribution in [-0.2, 0) is 20.9 Å². The van der Waals surface area contributed by atoms with Crippen molar-refractivity contribution in [1.29, 1.82) is 0 Å². The van der Waals surface area contributed by atoms with E-state index in [9.17, 15) is 14.4 Å². The third kappa shape index (κ3) is 8.47. The molecular weight excluding hydrogens is 524 g/mol.